The van der Waals surface area contributed by atoms with Gasteiger partial charge in [0.05, 0.1) is 17.6 Å². The second kappa shape index (κ2) is 8.58. The molecule has 2 aromatic carbocycles. The number of hydrazone groups is 1. The Morgan fingerprint density at radius 3 is 2.57 bits per heavy atom. The molecule has 0 atom stereocenters. The van der Waals surface area contributed by atoms with Gasteiger partial charge in [0.2, 0.25) is 5.91 Å². The zero-order valence-electron chi connectivity index (χ0n) is 15.8. The maximum atomic E-state index is 12.3. The number of nitrogens with zero attached hydrogens (tertiary/aromatic N) is 3. The lowest BCUT2D eigenvalue weighted by Gasteiger charge is -2.21. The van der Waals surface area contributed by atoms with Gasteiger partial charge < -0.3 is 0 Å². The summed E-state index contributed by atoms with van der Waals surface area (Å²) in [6.07, 6.45) is 1.46. The van der Waals surface area contributed by atoms with Crippen LogP contribution in [0.15, 0.2) is 59.0 Å². The third-order valence-electron chi connectivity index (χ3n) is 4.23. The van der Waals surface area contributed by atoms with Crippen molar-refractivity contribution in [3.8, 4) is 0 Å². The third kappa shape index (κ3) is 4.32. The summed E-state index contributed by atoms with van der Waals surface area (Å²) >= 11 is 1.34. The Hall–Kier alpha value is -3.32. The fourth-order valence-corrected chi connectivity index (χ4v) is 3.46. The lowest BCUT2D eigenvalue weighted by molar-refractivity contribution is -0.115. The van der Waals surface area contributed by atoms with Gasteiger partial charge >= 0.3 is 0 Å². The van der Waals surface area contributed by atoms with Crippen LogP contribution in [-0.2, 0) is 4.79 Å². The van der Waals surface area contributed by atoms with Crippen LogP contribution >= 0.6 is 11.3 Å². The summed E-state index contributed by atoms with van der Waals surface area (Å²) in [6, 6.07) is 14.7. The van der Waals surface area contributed by atoms with E-state index in [0.717, 1.165) is 16.8 Å². The maximum Gasteiger partial charge on any atom is 0.271 e. The van der Waals surface area contributed by atoms with Crippen LogP contribution in [0.3, 0.4) is 0 Å². The van der Waals surface area contributed by atoms with Crippen molar-refractivity contribution in [1.29, 1.82) is 0 Å². The summed E-state index contributed by atoms with van der Waals surface area (Å²) in [5, 5.41) is 6.30. The first-order valence-electron chi connectivity index (χ1n) is 8.68. The Kier molecular flexibility index (Phi) is 5.96. The zero-order valence-corrected chi connectivity index (χ0v) is 16.7. The van der Waals surface area contributed by atoms with Crippen LogP contribution < -0.4 is 10.3 Å². The minimum atomic E-state index is -0.298. The number of carbonyl (C=O) groups is 2. The number of hydrogen-bond donors (Lipinski definition) is 1. The number of anilines is 2. The van der Waals surface area contributed by atoms with E-state index in [0.29, 0.717) is 16.4 Å². The van der Waals surface area contributed by atoms with Crippen LogP contribution in [0, 0.1) is 13.8 Å². The molecule has 3 rings (SSSR count). The van der Waals surface area contributed by atoms with Gasteiger partial charge in [0.1, 0.15) is 0 Å². The van der Waals surface area contributed by atoms with Crippen molar-refractivity contribution in [3.05, 3.63) is 76.3 Å². The SMILES string of the molecule is CC(=O)N(c1nc(/C=N\NC(=O)c2ccccc2)cs1)c1cccc(C)c1C. The van der Waals surface area contributed by atoms with E-state index < -0.39 is 0 Å². The first-order valence-corrected chi connectivity index (χ1v) is 9.56. The number of rotatable bonds is 5. The molecule has 28 heavy (non-hydrogen) atoms. The summed E-state index contributed by atoms with van der Waals surface area (Å²) in [4.78, 5) is 30.3. The van der Waals surface area contributed by atoms with Crippen molar-refractivity contribution in [2.75, 3.05) is 4.90 Å². The van der Waals surface area contributed by atoms with Gasteiger partial charge in [-0.15, -0.1) is 11.3 Å². The second-order valence-electron chi connectivity index (χ2n) is 6.19. The number of benzene rings is 2. The van der Waals surface area contributed by atoms with Crippen molar-refractivity contribution >= 4 is 40.2 Å². The van der Waals surface area contributed by atoms with Crippen LogP contribution in [0.25, 0.3) is 0 Å². The molecule has 6 nitrogen and oxygen atoms in total. The van der Waals surface area contributed by atoms with Gasteiger partial charge in [0, 0.05) is 17.9 Å². The molecule has 7 heteroatoms. The van der Waals surface area contributed by atoms with Crippen molar-refractivity contribution < 1.29 is 9.59 Å². The molecule has 0 saturated heterocycles. The van der Waals surface area contributed by atoms with E-state index in [1.165, 1.54) is 24.5 Å². The Morgan fingerprint density at radius 2 is 1.86 bits per heavy atom. The Balaban J connectivity index is 1.77. The third-order valence-corrected chi connectivity index (χ3v) is 5.08. The molecule has 1 heterocycles. The van der Waals surface area contributed by atoms with E-state index in [9.17, 15) is 9.59 Å². The lowest BCUT2D eigenvalue weighted by atomic mass is 10.1. The highest BCUT2D eigenvalue weighted by atomic mass is 32.1. The normalized spacial score (nSPS) is 10.8. The fraction of sp³-hybridized carbons (Fsp3) is 0.143. The Morgan fingerprint density at radius 1 is 1.11 bits per heavy atom. The molecule has 1 aromatic heterocycles. The molecule has 0 radical (unpaired) electrons. The molecule has 1 N–H and O–H groups in total. The fourth-order valence-electron chi connectivity index (χ4n) is 2.63. The van der Waals surface area contributed by atoms with E-state index in [4.69, 9.17) is 0 Å². The van der Waals surface area contributed by atoms with Gasteiger partial charge in [0.25, 0.3) is 5.91 Å². The van der Waals surface area contributed by atoms with Crippen LogP contribution in [0.4, 0.5) is 10.8 Å². The number of thiazole rings is 1. The number of nitrogens with one attached hydrogen (secondary N) is 1. The summed E-state index contributed by atoms with van der Waals surface area (Å²) in [7, 11) is 0. The van der Waals surface area contributed by atoms with Crippen molar-refractivity contribution in [2.45, 2.75) is 20.8 Å². The second-order valence-corrected chi connectivity index (χ2v) is 7.03. The van der Waals surface area contributed by atoms with Crippen molar-refractivity contribution in [3.63, 3.8) is 0 Å². The van der Waals surface area contributed by atoms with Gasteiger partial charge in [-0.25, -0.2) is 10.4 Å². The Bertz CT molecular complexity index is 1030. The average molecular weight is 392 g/mol. The molecule has 0 unspecified atom stereocenters. The molecule has 0 fully saturated rings. The first kappa shape index (κ1) is 19.4. The molecular weight excluding hydrogens is 372 g/mol. The van der Waals surface area contributed by atoms with E-state index in [1.54, 1.807) is 34.5 Å². The smallest absolute Gasteiger partial charge is 0.271 e. The number of aryl methyl sites for hydroxylation is 1. The van der Waals surface area contributed by atoms with E-state index in [1.807, 2.05) is 38.1 Å². The molecule has 0 saturated carbocycles. The van der Waals surface area contributed by atoms with Gasteiger partial charge in [-0.05, 0) is 43.2 Å². The minimum absolute atomic E-state index is 0.121. The average Bonchev–Trinajstić information content (AvgIpc) is 3.14. The molecular formula is C21H20N4O2S. The number of carbonyl (C=O) groups excluding carboxylic acids is 2. The van der Waals surface area contributed by atoms with Crippen LogP contribution in [0.5, 0.6) is 0 Å². The van der Waals surface area contributed by atoms with Crippen molar-refractivity contribution in [1.82, 2.24) is 10.4 Å². The van der Waals surface area contributed by atoms with E-state index in [2.05, 4.69) is 15.5 Å². The van der Waals surface area contributed by atoms with Crippen LogP contribution in [0.1, 0.15) is 34.1 Å². The largest absolute Gasteiger partial charge is 0.274 e. The van der Waals surface area contributed by atoms with Gasteiger partial charge in [-0.2, -0.15) is 5.10 Å². The Labute approximate surface area is 167 Å². The summed E-state index contributed by atoms with van der Waals surface area (Å²) < 4.78 is 0. The standard InChI is InChI=1S/C21H20N4O2S/c1-14-8-7-11-19(15(14)2)25(16(3)26)21-23-18(13-28-21)12-22-24-20(27)17-9-5-4-6-10-17/h4-13H,1-3H3,(H,24,27)/b22-12-. The maximum absolute atomic E-state index is 12.3. The molecule has 142 valence electrons. The topological polar surface area (TPSA) is 74.7 Å². The van der Waals surface area contributed by atoms with E-state index >= 15 is 0 Å². The molecule has 0 bridgehead atoms. The minimum Gasteiger partial charge on any atom is -0.274 e. The van der Waals surface area contributed by atoms with Crippen LogP contribution in [-0.4, -0.2) is 23.0 Å². The van der Waals surface area contributed by atoms with Crippen molar-refractivity contribution in [2.24, 2.45) is 5.10 Å². The molecule has 3 aromatic rings. The highest BCUT2D eigenvalue weighted by molar-refractivity contribution is 7.14. The zero-order chi connectivity index (χ0) is 20.1. The quantitative estimate of drug-likeness (QED) is 0.522. The van der Waals surface area contributed by atoms with Gasteiger partial charge in [-0.1, -0.05) is 30.3 Å². The summed E-state index contributed by atoms with van der Waals surface area (Å²) in [6.45, 7) is 5.50. The monoisotopic (exact) mass is 392 g/mol. The summed E-state index contributed by atoms with van der Waals surface area (Å²) in [5.74, 6) is -0.419. The molecule has 0 aliphatic carbocycles. The number of aromatic nitrogens is 1. The highest BCUT2D eigenvalue weighted by Crippen LogP contribution is 2.32. The van der Waals surface area contributed by atoms with Gasteiger partial charge in [0.15, 0.2) is 5.13 Å². The number of hydrogen-bond acceptors (Lipinski definition) is 5. The number of amides is 2. The molecule has 0 spiro atoms. The summed E-state index contributed by atoms with van der Waals surface area (Å²) in [5.41, 5.74) is 6.49. The predicted octanol–water partition coefficient (Wildman–Crippen LogP) is 4.21. The predicted molar refractivity (Wildman–Crippen MR) is 112 cm³/mol. The molecule has 2 amide bonds. The van der Waals surface area contributed by atoms with E-state index in [-0.39, 0.29) is 11.8 Å². The van der Waals surface area contributed by atoms with Gasteiger partial charge in [-0.3, -0.25) is 14.5 Å². The first-order chi connectivity index (χ1) is 13.5. The van der Waals surface area contributed by atoms with Crippen LogP contribution in [0.2, 0.25) is 0 Å². The lowest BCUT2D eigenvalue weighted by Crippen LogP contribution is -2.23. The highest BCUT2D eigenvalue weighted by Gasteiger charge is 2.20. The molecule has 0 aliphatic rings. The molecule has 0 aliphatic heterocycles.